The molecular weight excluding hydrogens is 308 g/mol. The molecule has 1 unspecified atom stereocenters. The van der Waals surface area contributed by atoms with E-state index < -0.39 is 5.97 Å². The van der Waals surface area contributed by atoms with E-state index in [-0.39, 0.29) is 18.2 Å². The Labute approximate surface area is 130 Å². The van der Waals surface area contributed by atoms with Crippen LogP contribution >= 0.6 is 22.7 Å². The van der Waals surface area contributed by atoms with Crippen molar-refractivity contribution in [2.75, 3.05) is 6.54 Å². The molecule has 0 aliphatic heterocycles. The SMILES string of the molecule is CCC(CNC(=O)c1csc(-c2ccsc2)n1)CC(=O)O. The van der Waals surface area contributed by atoms with Crippen molar-refractivity contribution in [3.8, 4) is 10.6 Å². The van der Waals surface area contributed by atoms with E-state index in [1.54, 1.807) is 16.7 Å². The van der Waals surface area contributed by atoms with Gasteiger partial charge in [0, 0.05) is 29.3 Å². The summed E-state index contributed by atoms with van der Waals surface area (Å²) in [5, 5.41) is 18.0. The van der Waals surface area contributed by atoms with Crippen molar-refractivity contribution in [1.82, 2.24) is 10.3 Å². The number of nitrogens with one attached hydrogen (secondary N) is 1. The normalized spacial score (nSPS) is 12.0. The first-order chi connectivity index (χ1) is 10.1. The zero-order chi connectivity index (χ0) is 15.2. The predicted molar refractivity (Wildman–Crippen MR) is 83.8 cm³/mol. The molecule has 0 radical (unpaired) electrons. The van der Waals surface area contributed by atoms with Crippen LogP contribution in [0.1, 0.15) is 30.3 Å². The Morgan fingerprint density at radius 2 is 2.24 bits per heavy atom. The maximum atomic E-state index is 12.0. The third-order valence-electron chi connectivity index (χ3n) is 3.10. The van der Waals surface area contributed by atoms with Gasteiger partial charge in [0.25, 0.3) is 5.91 Å². The van der Waals surface area contributed by atoms with Gasteiger partial charge in [-0.1, -0.05) is 13.3 Å². The smallest absolute Gasteiger partial charge is 0.303 e. The Bertz CT molecular complexity index is 608. The topological polar surface area (TPSA) is 79.3 Å². The van der Waals surface area contributed by atoms with Gasteiger partial charge in [0.15, 0.2) is 0 Å². The molecule has 5 nitrogen and oxygen atoms in total. The molecule has 0 aliphatic carbocycles. The van der Waals surface area contributed by atoms with Crippen molar-refractivity contribution < 1.29 is 14.7 Å². The minimum atomic E-state index is -0.843. The van der Waals surface area contributed by atoms with Crippen LogP contribution in [0, 0.1) is 5.92 Å². The van der Waals surface area contributed by atoms with Gasteiger partial charge in [-0.2, -0.15) is 11.3 Å². The van der Waals surface area contributed by atoms with Crippen LogP contribution in [0.5, 0.6) is 0 Å². The number of carbonyl (C=O) groups is 2. The molecule has 2 N–H and O–H groups in total. The zero-order valence-electron chi connectivity index (χ0n) is 11.5. The van der Waals surface area contributed by atoms with Gasteiger partial charge in [0.2, 0.25) is 0 Å². The lowest BCUT2D eigenvalue weighted by molar-refractivity contribution is -0.138. The number of carbonyl (C=O) groups excluding carboxylic acids is 1. The van der Waals surface area contributed by atoms with Crippen LogP contribution in [0.25, 0.3) is 10.6 Å². The van der Waals surface area contributed by atoms with E-state index in [1.807, 2.05) is 23.8 Å². The maximum absolute atomic E-state index is 12.0. The molecule has 0 aliphatic rings. The minimum absolute atomic E-state index is 0.0542. The highest BCUT2D eigenvalue weighted by atomic mass is 32.1. The van der Waals surface area contributed by atoms with Gasteiger partial charge < -0.3 is 10.4 Å². The van der Waals surface area contributed by atoms with Gasteiger partial charge in [0.05, 0.1) is 0 Å². The summed E-state index contributed by atoms with van der Waals surface area (Å²) < 4.78 is 0. The van der Waals surface area contributed by atoms with E-state index in [0.29, 0.717) is 18.7 Å². The molecule has 1 amide bonds. The molecule has 0 spiro atoms. The maximum Gasteiger partial charge on any atom is 0.303 e. The van der Waals surface area contributed by atoms with Gasteiger partial charge in [-0.15, -0.1) is 11.3 Å². The third kappa shape index (κ3) is 4.37. The average Bonchev–Trinajstić information content (AvgIpc) is 3.12. The number of nitrogens with zero attached hydrogens (tertiary/aromatic N) is 1. The molecule has 7 heteroatoms. The number of hydrogen-bond acceptors (Lipinski definition) is 5. The first-order valence-corrected chi connectivity index (χ1v) is 8.40. The lowest BCUT2D eigenvalue weighted by Gasteiger charge is -2.12. The second-order valence-corrected chi connectivity index (χ2v) is 6.27. The number of thiophene rings is 1. The monoisotopic (exact) mass is 324 g/mol. The van der Waals surface area contributed by atoms with E-state index >= 15 is 0 Å². The first-order valence-electron chi connectivity index (χ1n) is 6.58. The van der Waals surface area contributed by atoms with E-state index in [1.165, 1.54) is 11.3 Å². The van der Waals surface area contributed by atoms with Crippen molar-refractivity contribution >= 4 is 34.6 Å². The Hall–Kier alpha value is -1.73. The van der Waals surface area contributed by atoms with Crippen molar-refractivity contribution in [3.63, 3.8) is 0 Å². The number of rotatable bonds is 7. The zero-order valence-corrected chi connectivity index (χ0v) is 13.2. The summed E-state index contributed by atoms with van der Waals surface area (Å²) in [5.41, 5.74) is 1.40. The molecule has 1 atom stereocenters. The van der Waals surface area contributed by atoms with Crippen LogP contribution in [-0.4, -0.2) is 28.5 Å². The van der Waals surface area contributed by atoms with E-state index in [9.17, 15) is 9.59 Å². The molecule has 0 bridgehead atoms. The summed E-state index contributed by atoms with van der Waals surface area (Å²) in [6.45, 7) is 2.27. The van der Waals surface area contributed by atoms with Crippen LogP contribution in [0.2, 0.25) is 0 Å². The average molecular weight is 324 g/mol. The molecule has 2 aromatic rings. The van der Waals surface area contributed by atoms with Crippen LogP contribution in [-0.2, 0) is 4.79 Å². The van der Waals surface area contributed by atoms with Crippen LogP contribution in [0.4, 0.5) is 0 Å². The molecule has 2 heterocycles. The van der Waals surface area contributed by atoms with Crippen molar-refractivity contribution in [1.29, 1.82) is 0 Å². The number of aliphatic carboxylic acids is 1. The number of amides is 1. The fourth-order valence-electron chi connectivity index (χ4n) is 1.83. The summed E-state index contributed by atoms with van der Waals surface area (Å²) in [7, 11) is 0. The molecule has 0 saturated heterocycles. The molecule has 0 aromatic carbocycles. The number of aromatic nitrogens is 1. The standard InChI is InChI=1S/C14H16N2O3S2/c1-2-9(5-12(17)18)6-15-13(19)11-8-21-14(16-11)10-3-4-20-7-10/h3-4,7-9H,2,5-6H2,1H3,(H,15,19)(H,17,18). The second kappa shape index (κ2) is 7.33. The van der Waals surface area contributed by atoms with Gasteiger partial charge in [0.1, 0.15) is 10.7 Å². The van der Waals surface area contributed by atoms with Gasteiger partial charge in [-0.25, -0.2) is 4.98 Å². The van der Waals surface area contributed by atoms with Crippen LogP contribution in [0.15, 0.2) is 22.2 Å². The quantitative estimate of drug-likeness (QED) is 0.820. The van der Waals surface area contributed by atoms with Gasteiger partial charge >= 0.3 is 5.97 Å². The summed E-state index contributed by atoms with van der Waals surface area (Å²) in [6.07, 6.45) is 0.776. The highest BCUT2D eigenvalue weighted by molar-refractivity contribution is 7.14. The summed E-state index contributed by atoms with van der Waals surface area (Å²) in [6, 6.07) is 1.96. The highest BCUT2D eigenvalue weighted by Crippen LogP contribution is 2.25. The van der Waals surface area contributed by atoms with Crippen molar-refractivity contribution in [2.45, 2.75) is 19.8 Å². The van der Waals surface area contributed by atoms with Gasteiger partial charge in [-0.3, -0.25) is 9.59 Å². The molecule has 21 heavy (non-hydrogen) atoms. The highest BCUT2D eigenvalue weighted by Gasteiger charge is 2.15. The van der Waals surface area contributed by atoms with Crippen molar-refractivity contribution in [2.24, 2.45) is 5.92 Å². The fourth-order valence-corrected chi connectivity index (χ4v) is 3.34. The molecule has 2 aromatic heterocycles. The molecule has 112 valence electrons. The van der Waals surface area contributed by atoms with E-state index in [4.69, 9.17) is 5.11 Å². The first kappa shape index (κ1) is 15.7. The third-order valence-corrected chi connectivity index (χ3v) is 4.67. The van der Waals surface area contributed by atoms with E-state index in [0.717, 1.165) is 10.6 Å². The Kier molecular flexibility index (Phi) is 5.46. The number of carboxylic acid groups (broad SMARTS) is 1. The second-order valence-electron chi connectivity index (χ2n) is 4.63. The van der Waals surface area contributed by atoms with Crippen LogP contribution in [0.3, 0.4) is 0 Å². The number of carboxylic acids is 1. The van der Waals surface area contributed by atoms with E-state index in [2.05, 4.69) is 10.3 Å². The largest absolute Gasteiger partial charge is 0.481 e. The summed E-state index contributed by atoms with van der Waals surface area (Å²) in [5.74, 6) is -1.15. The molecule has 2 rings (SSSR count). The molecule has 0 fully saturated rings. The molecule has 0 saturated carbocycles. The van der Waals surface area contributed by atoms with Crippen molar-refractivity contribution in [3.05, 3.63) is 27.9 Å². The molecular formula is C14H16N2O3S2. The predicted octanol–water partition coefficient (Wildman–Crippen LogP) is 3.10. The van der Waals surface area contributed by atoms with Gasteiger partial charge in [-0.05, 0) is 17.4 Å². The Morgan fingerprint density at radius 1 is 1.43 bits per heavy atom. The Morgan fingerprint density at radius 3 is 2.86 bits per heavy atom. The lowest BCUT2D eigenvalue weighted by atomic mass is 10.0. The number of hydrogen-bond donors (Lipinski definition) is 2. The minimum Gasteiger partial charge on any atom is -0.481 e. The van der Waals surface area contributed by atoms with Crippen LogP contribution < -0.4 is 5.32 Å². The Balaban J connectivity index is 1.93. The lowest BCUT2D eigenvalue weighted by Crippen LogP contribution is -2.30. The fraction of sp³-hybridized carbons (Fsp3) is 0.357. The number of thiazole rings is 1. The summed E-state index contributed by atoms with van der Waals surface area (Å²) >= 11 is 3.01. The summed E-state index contributed by atoms with van der Waals surface area (Å²) in [4.78, 5) is 27.0.